The Bertz CT molecular complexity index is 632. The van der Waals surface area contributed by atoms with Crippen LogP contribution in [0, 0.1) is 12.8 Å². The third-order valence-electron chi connectivity index (χ3n) is 3.76. The maximum absolute atomic E-state index is 12.7. The van der Waals surface area contributed by atoms with E-state index in [2.05, 4.69) is 32.8 Å². The minimum Gasteiger partial charge on any atom is -0.295 e. The molecule has 0 bridgehead atoms. The third-order valence-corrected chi connectivity index (χ3v) is 3.76. The van der Waals surface area contributed by atoms with Crippen molar-refractivity contribution in [3.8, 4) is 5.69 Å². The van der Waals surface area contributed by atoms with Crippen molar-refractivity contribution >= 4 is 0 Å². The molecule has 0 unspecified atom stereocenters. The standard InChI is InChI=1S/C18H26N2O/c1-5-6-7-17-16(12-13(2)3)18(21)20(19-17)15-10-8-14(4)9-11-15/h8-11,13,19H,5-7,12H2,1-4H3. The molecule has 0 saturated carbocycles. The number of nitrogens with zero attached hydrogens (tertiary/aromatic N) is 1. The highest BCUT2D eigenvalue weighted by atomic mass is 16.1. The quantitative estimate of drug-likeness (QED) is 0.856. The van der Waals surface area contributed by atoms with Crippen molar-refractivity contribution in [2.24, 2.45) is 5.92 Å². The summed E-state index contributed by atoms with van der Waals surface area (Å²) >= 11 is 0. The number of aryl methyl sites for hydroxylation is 2. The van der Waals surface area contributed by atoms with Gasteiger partial charge in [0.15, 0.2) is 0 Å². The highest BCUT2D eigenvalue weighted by Crippen LogP contribution is 2.14. The van der Waals surface area contributed by atoms with E-state index in [0.717, 1.165) is 42.6 Å². The number of nitrogens with one attached hydrogen (secondary N) is 1. The Morgan fingerprint density at radius 1 is 1.19 bits per heavy atom. The van der Waals surface area contributed by atoms with E-state index in [0.29, 0.717) is 5.92 Å². The monoisotopic (exact) mass is 286 g/mol. The molecular weight excluding hydrogens is 260 g/mol. The Hall–Kier alpha value is -1.77. The predicted molar refractivity (Wildman–Crippen MR) is 88.3 cm³/mol. The zero-order chi connectivity index (χ0) is 15.4. The molecule has 1 N–H and O–H groups in total. The van der Waals surface area contributed by atoms with E-state index in [9.17, 15) is 4.79 Å². The zero-order valence-electron chi connectivity index (χ0n) is 13.6. The molecule has 2 rings (SSSR count). The number of H-pyrrole nitrogens is 1. The molecule has 3 heteroatoms. The van der Waals surface area contributed by atoms with Crippen molar-refractivity contribution in [1.29, 1.82) is 0 Å². The maximum Gasteiger partial charge on any atom is 0.274 e. The van der Waals surface area contributed by atoms with Crippen LogP contribution in [0.5, 0.6) is 0 Å². The SMILES string of the molecule is CCCCc1[nH]n(-c2ccc(C)cc2)c(=O)c1CC(C)C. The summed E-state index contributed by atoms with van der Waals surface area (Å²) in [6.45, 7) is 8.55. The van der Waals surface area contributed by atoms with Gasteiger partial charge < -0.3 is 0 Å². The van der Waals surface area contributed by atoms with Crippen LogP contribution < -0.4 is 5.56 Å². The van der Waals surface area contributed by atoms with Crippen LogP contribution in [-0.2, 0) is 12.8 Å². The van der Waals surface area contributed by atoms with Crippen molar-refractivity contribution in [3.05, 3.63) is 51.4 Å². The molecule has 0 atom stereocenters. The molecule has 0 fully saturated rings. The highest BCUT2D eigenvalue weighted by molar-refractivity contribution is 5.35. The van der Waals surface area contributed by atoms with E-state index in [4.69, 9.17) is 0 Å². The Balaban J connectivity index is 2.44. The van der Waals surface area contributed by atoms with Gasteiger partial charge in [0.1, 0.15) is 0 Å². The summed E-state index contributed by atoms with van der Waals surface area (Å²) in [4.78, 5) is 12.7. The number of aromatic amines is 1. The van der Waals surface area contributed by atoms with Gasteiger partial charge in [-0.3, -0.25) is 9.89 Å². The molecule has 0 aliphatic heterocycles. The first-order valence-corrected chi connectivity index (χ1v) is 7.92. The van der Waals surface area contributed by atoms with Crippen LogP contribution in [0.3, 0.4) is 0 Å². The van der Waals surface area contributed by atoms with E-state index in [1.165, 1.54) is 5.56 Å². The van der Waals surface area contributed by atoms with Gasteiger partial charge in [0.2, 0.25) is 0 Å². The first kappa shape index (κ1) is 15.6. The summed E-state index contributed by atoms with van der Waals surface area (Å²) in [7, 11) is 0. The normalized spacial score (nSPS) is 11.3. The molecule has 0 saturated heterocycles. The third kappa shape index (κ3) is 3.66. The van der Waals surface area contributed by atoms with Crippen LogP contribution in [-0.4, -0.2) is 9.78 Å². The number of benzene rings is 1. The second kappa shape index (κ2) is 6.79. The lowest BCUT2D eigenvalue weighted by atomic mass is 10.0. The predicted octanol–water partition coefficient (Wildman–Crippen LogP) is 4.02. The molecule has 1 heterocycles. The highest BCUT2D eigenvalue weighted by Gasteiger charge is 2.15. The fourth-order valence-electron chi connectivity index (χ4n) is 2.57. The molecule has 0 amide bonds. The average molecular weight is 286 g/mol. The summed E-state index contributed by atoms with van der Waals surface area (Å²) in [5, 5.41) is 3.33. The second-order valence-electron chi connectivity index (χ2n) is 6.25. The van der Waals surface area contributed by atoms with Crippen LogP contribution in [0.15, 0.2) is 29.1 Å². The fraction of sp³-hybridized carbons (Fsp3) is 0.500. The smallest absolute Gasteiger partial charge is 0.274 e. The number of aromatic nitrogens is 2. The van der Waals surface area contributed by atoms with Gasteiger partial charge >= 0.3 is 0 Å². The number of hydrogen-bond acceptors (Lipinski definition) is 1. The largest absolute Gasteiger partial charge is 0.295 e. The van der Waals surface area contributed by atoms with Gasteiger partial charge in [-0.1, -0.05) is 44.9 Å². The van der Waals surface area contributed by atoms with Gasteiger partial charge in [-0.25, -0.2) is 4.68 Å². The van der Waals surface area contributed by atoms with Crippen molar-refractivity contribution in [2.75, 3.05) is 0 Å². The molecule has 21 heavy (non-hydrogen) atoms. The molecule has 0 spiro atoms. The van der Waals surface area contributed by atoms with E-state index in [-0.39, 0.29) is 5.56 Å². The van der Waals surface area contributed by atoms with E-state index < -0.39 is 0 Å². The number of unbranched alkanes of at least 4 members (excludes halogenated alkanes) is 1. The van der Waals surface area contributed by atoms with E-state index in [1.807, 2.05) is 24.3 Å². The van der Waals surface area contributed by atoms with Crippen LogP contribution in [0.4, 0.5) is 0 Å². The van der Waals surface area contributed by atoms with Gasteiger partial charge in [-0.15, -0.1) is 0 Å². The van der Waals surface area contributed by atoms with Crippen LogP contribution in [0.25, 0.3) is 5.69 Å². The molecule has 0 aliphatic carbocycles. The fourth-order valence-corrected chi connectivity index (χ4v) is 2.57. The molecule has 0 aliphatic rings. The maximum atomic E-state index is 12.7. The van der Waals surface area contributed by atoms with Crippen molar-refractivity contribution < 1.29 is 0 Å². The van der Waals surface area contributed by atoms with Gasteiger partial charge in [-0.05, 0) is 44.2 Å². The van der Waals surface area contributed by atoms with Gasteiger partial charge in [0, 0.05) is 11.3 Å². The summed E-state index contributed by atoms with van der Waals surface area (Å²) < 4.78 is 1.70. The van der Waals surface area contributed by atoms with Crippen molar-refractivity contribution in [1.82, 2.24) is 9.78 Å². The van der Waals surface area contributed by atoms with E-state index in [1.54, 1.807) is 4.68 Å². The minimum atomic E-state index is 0.110. The molecule has 2 aromatic rings. The average Bonchev–Trinajstić information content (AvgIpc) is 2.74. The Kier molecular flexibility index (Phi) is 5.05. The summed E-state index contributed by atoms with van der Waals surface area (Å²) in [6, 6.07) is 8.07. The molecule has 3 nitrogen and oxygen atoms in total. The molecule has 1 aromatic carbocycles. The zero-order valence-corrected chi connectivity index (χ0v) is 13.6. The van der Waals surface area contributed by atoms with E-state index >= 15 is 0 Å². The van der Waals surface area contributed by atoms with Gasteiger partial charge in [-0.2, -0.15) is 0 Å². The molecule has 0 radical (unpaired) electrons. The first-order valence-electron chi connectivity index (χ1n) is 7.92. The lowest BCUT2D eigenvalue weighted by Gasteiger charge is -2.03. The van der Waals surface area contributed by atoms with Crippen LogP contribution in [0.2, 0.25) is 0 Å². The summed E-state index contributed by atoms with van der Waals surface area (Å²) in [5.41, 5.74) is 4.29. The minimum absolute atomic E-state index is 0.110. The van der Waals surface area contributed by atoms with Gasteiger partial charge in [0.05, 0.1) is 5.69 Å². The summed E-state index contributed by atoms with van der Waals surface area (Å²) in [5.74, 6) is 0.486. The lowest BCUT2D eigenvalue weighted by molar-refractivity contribution is 0.637. The van der Waals surface area contributed by atoms with Gasteiger partial charge in [0.25, 0.3) is 5.56 Å². The first-order chi connectivity index (χ1) is 10.0. The Morgan fingerprint density at radius 3 is 2.43 bits per heavy atom. The molecule has 1 aromatic heterocycles. The lowest BCUT2D eigenvalue weighted by Crippen LogP contribution is -2.18. The van der Waals surface area contributed by atoms with Crippen molar-refractivity contribution in [3.63, 3.8) is 0 Å². The molecular formula is C18H26N2O. The topological polar surface area (TPSA) is 37.8 Å². The molecule has 114 valence electrons. The Morgan fingerprint density at radius 2 is 1.86 bits per heavy atom. The second-order valence-corrected chi connectivity index (χ2v) is 6.25. The van der Waals surface area contributed by atoms with Crippen molar-refractivity contribution in [2.45, 2.75) is 53.4 Å². The number of rotatable bonds is 6. The van der Waals surface area contributed by atoms with Crippen LogP contribution in [0.1, 0.15) is 50.4 Å². The van der Waals surface area contributed by atoms with Crippen LogP contribution >= 0.6 is 0 Å². The summed E-state index contributed by atoms with van der Waals surface area (Å²) in [6.07, 6.45) is 4.04. The number of hydrogen-bond donors (Lipinski definition) is 1. The Labute approximate surface area is 127 Å².